The molecule has 0 radical (unpaired) electrons. The molecule has 0 saturated heterocycles. The number of nitrogens with zero attached hydrogens (tertiary/aromatic N) is 1. The van der Waals surface area contributed by atoms with Gasteiger partial charge in [0.05, 0.1) is 17.1 Å². The maximum absolute atomic E-state index is 12.8. The lowest BCUT2D eigenvalue weighted by Gasteiger charge is -2.12. The van der Waals surface area contributed by atoms with Crippen LogP contribution in [-0.4, -0.2) is 49.2 Å². The Kier molecular flexibility index (Phi) is 7.54. The quantitative estimate of drug-likeness (QED) is 0.361. The maximum atomic E-state index is 12.8. The smallest absolute Gasteiger partial charge is 0.338 e. The Morgan fingerprint density at radius 1 is 1.31 bits per heavy atom. The van der Waals surface area contributed by atoms with Crippen molar-refractivity contribution in [2.75, 3.05) is 18.9 Å². The number of benzene rings is 1. The number of carbonyl (C=O) groups is 1. The molecule has 1 aromatic carbocycles. The highest BCUT2D eigenvalue weighted by molar-refractivity contribution is 7.91. The average molecular weight is 462 g/mol. The number of aliphatic hydroxyl groups is 1. The fourth-order valence-electron chi connectivity index (χ4n) is 3.04. The minimum Gasteiger partial charge on any atom is -0.391 e. The minimum atomic E-state index is -4.06. The van der Waals surface area contributed by atoms with Gasteiger partial charge in [-0.15, -0.1) is 0 Å². The summed E-state index contributed by atoms with van der Waals surface area (Å²) < 4.78 is 30.9. The lowest BCUT2D eigenvalue weighted by Crippen LogP contribution is -2.25. The molecular formula is C21H27N5O5S. The van der Waals surface area contributed by atoms with E-state index in [0.717, 1.165) is 12.1 Å². The molecular weight excluding hydrogens is 434 g/mol. The molecule has 1 heterocycles. The molecule has 172 valence electrons. The number of nitrogens with one attached hydrogen (secondary N) is 4. The van der Waals surface area contributed by atoms with Gasteiger partial charge < -0.3 is 24.9 Å². The van der Waals surface area contributed by atoms with E-state index in [2.05, 4.69) is 25.9 Å². The number of hydrogen-bond donors (Lipinski definition) is 5. The van der Waals surface area contributed by atoms with Crippen molar-refractivity contribution in [1.29, 1.82) is 0 Å². The van der Waals surface area contributed by atoms with E-state index in [1.165, 1.54) is 25.3 Å². The van der Waals surface area contributed by atoms with Crippen LogP contribution in [-0.2, 0) is 10.1 Å². The molecule has 1 atom stereocenters. The third-order valence-electron chi connectivity index (χ3n) is 4.65. The van der Waals surface area contributed by atoms with Gasteiger partial charge in [0.1, 0.15) is 10.7 Å². The summed E-state index contributed by atoms with van der Waals surface area (Å²) in [5, 5.41) is 17.9. The fourth-order valence-corrected chi connectivity index (χ4v) is 4.03. The molecule has 0 fully saturated rings. The molecule has 0 bridgehead atoms. The second-order valence-corrected chi connectivity index (χ2v) is 8.71. The van der Waals surface area contributed by atoms with E-state index in [9.17, 15) is 18.3 Å². The van der Waals surface area contributed by atoms with Crippen LogP contribution in [0.25, 0.3) is 11.0 Å². The van der Waals surface area contributed by atoms with Crippen molar-refractivity contribution in [3.05, 3.63) is 53.1 Å². The van der Waals surface area contributed by atoms with Gasteiger partial charge in [0.15, 0.2) is 0 Å². The van der Waals surface area contributed by atoms with Crippen molar-refractivity contribution in [1.82, 2.24) is 20.6 Å². The summed E-state index contributed by atoms with van der Waals surface area (Å²) in [5.74, 6) is 0.337. The van der Waals surface area contributed by atoms with Crippen molar-refractivity contribution in [3.8, 4) is 5.75 Å². The zero-order valence-electron chi connectivity index (χ0n) is 17.9. The normalized spacial score (nSPS) is 14.8. The van der Waals surface area contributed by atoms with Crippen LogP contribution in [0.15, 0.2) is 53.1 Å². The molecule has 32 heavy (non-hydrogen) atoms. The van der Waals surface area contributed by atoms with Crippen molar-refractivity contribution in [3.63, 3.8) is 0 Å². The minimum absolute atomic E-state index is 0.0336. The number of aromatic amines is 1. The first-order valence-electron chi connectivity index (χ1n) is 10.2. The number of aromatic nitrogens is 2. The van der Waals surface area contributed by atoms with Gasteiger partial charge in [-0.25, -0.2) is 9.78 Å². The van der Waals surface area contributed by atoms with E-state index in [-0.39, 0.29) is 16.6 Å². The summed E-state index contributed by atoms with van der Waals surface area (Å²) >= 11 is 0. The molecule has 10 nitrogen and oxygen atoms in total. The van der Waals surface area contributed by atoms with Crippen molar-refractivity contribution < 1.29 is 22.5 Å². The van der Waals surface area contributed by atoms with Gasteiger partial charge in [-0.1, -0.05) is 25.5 Å². The topological polar surface area (TPSA) is 145 Å². The second kappa shape index (κ2) is 10.3. The summed E-state index contributed by atoms with van der Waals surface area (Å²) in [6.07, 6.45) is 8.03. The molecule has 11 heteroatoms. The summed E-state index contributed by atoms with van der Waals surface area (Å²) in [6.45, 7) is 2.39. The Bertz CT molecular complexity index is 1170. The van der Waals surface area contributed by atoms with Gasteiger partial charge in [-0.2, -0.15) is 8.42 Å². The summed E-state index contributed by atoms with van der Waals surface area (Å²) in [4.78, 5) is 18.6. The summed E-state index contributed by atoms with van der Waals surface area (Å²) in [5.41, 5.74) is 1.78. The first kappa shape index (κ1) is 23.4. The van der Waals surface area contributed by atoms with E-state index in [1.807, 2.05) is 13.0 Å². The molecule has 1 aliphatic rings. The van der Waals surface area contributed by atoms with E-state index < -0.39 is 22.3 Å². The predicted molar refractivity (Wildman–Crippen MR) is 123 cm³/mol. The Balaban J connectivity index is 1.68. The molecule has 1 unspecified atom stereocenters. The molecule has 0 aliphatic heterocycles. The van der Waals surface area contributed by atoms with Crippen LogP contribution in [0.5, 0.6) is 5.75 Å². The number of carbonyl (C=O) groups excluding carboxylic acids is 1. The summed E-state index contributed by atoms with van der Waals surface area (Å²) in [7, 11) is -2.58. The Morgan fingerprint density at radius 3 is 2.88 bits per heavy atom. The standard InChI is InChI=1S/C21H27N5O5S/c1-3-5-15(27)13-23-14-6-4-7-17(10-8-14)32(29,30)31-16-9-11-18-19(12-16)25-20(24-18)26-21(28)22-2/h6-12,15,23,27H,3-5,13H2,1-2H3,(H3,22,24,25,26,28). The number of aliphatic hydroxyl groups excluding tert-OH is 1. The number of rotatable bonds is 9. The number of urea groups is 1. The van der Waals surface area contributed by atoms with Crippen LogP contribution < -0.4 is 20.1 Å². The van der Waals surface area contributed by atoms with Crippen LogP contribution in [0, 0.1) is 0 Å². The summed E-state index contributed by atoms with van der Waals surface area (Å²) in [6, 6.07) is 4.15. The van der Waals surface area contributed by atoms with Crippen molar-refractivity contribution in [2.24, 2.45) is 0 Å². The van der Waals surface area contributed by atoms with Crippen LogP contribution in [0.1, 0.15) is 26.2 Å². The Hall–Kier alpha value is -3.31. The predicted octanol–water partition coefficient (Wildman–Crippen LogP) is 2.50. The number of imidazole rings is 1. The number of allylic oxidation sites excluding steroid dienone is 4. The van der Waals surface area contributed by atoms with E-state index in [1.54, 1.807) is 18.2 Å². The third kappa shape index (κ3) is 6.11. The number of anilines is 1. The van der Waals surface area contributed by atoms with Crippen molar-refractivity contribution in [2.45, 2.75) is 32.3 Å². The molecule has 5 N–H and O–H groups in total. The maximum Gasteiger partial charge on any atom is 0.338 e. The van der Waals surface area contributed by atoms with E-state index >= 15 is 0 Å². The molecule has 0 spiro atoms. The average Bonchev–Trinajstić information content (AvgIpc) is 2.97. The Morgan fingerprint density at radius 2 is 2.12 bits per heavy atom. The van der Waals surface area contributed by atoms with Gasteiger partial charge in [-0.3, -0.25) is 5.32 Å². The Labute approximate surface area is 186 Å². The molecule has 1 aromatic heterocycles. The van der Waals surface area contributed by atoms with Crippen LogP contribution >= 0.6 is 0 Å². The molecule has 2 amide bonds. The highest BCUT2D eigenvalue weighted by Crippen LogP contribution is 2.25. The third-order valence-corrected chi connectivity index (χ3v) is 5.95. The van der Waals surface area contributed by atoms with Gasteiger partial charge in [0.2, 0.25) is 5.95 Å². The zero-order valence-corrected chi connectivity index (χ0v) is 18.7. The first-order valence-corrected chi connectivity index (χ1v) is 11.6. The largest absolute Gasteiger partial charge is 0.391 e. The van der Waals surface area contributed by atoms with E-state index in [4.69, 9.17) is 4.18 Å². The zero-order chi connectivity index (χ0) is 23.1. The number of amides is 2. The van der Waals surface area contributed by atoms with E-state index in [0.29, 0.717) is 30.4 Å². The van der Waals surface area contributed by atoms with Crippen molar-refractivity contribution >= 4 is 33.1 Å². The molecule has 1 aliphatic carbocycles. The monoisotopic (exact) mass is 461 g/mol. The molecule has 0 saturated carbocycles. The fraction of sp³-hybridized carbons (Fsp3) is 0.333. The number of H-pyrrole nitrogens is 1. The van der Waals surface area contributed by atoms with Crippen LogP contribution in [0.2, 0.25) is 0 Å². The van der Waals surface area contributed by atoms with Gasteiger partial charge in [0.25, 0.3) is 0 Å². The lowest BCUT2D eigenvalue weighted by molar-refractivity contribution is 0.164. The lowest BCUT2D eigenvalue weighted by atomic mass is 10.2. The highest BCUT2D eigenvalue weighted by atomic mass is 32.2. The van der Waals surface area contributed by atoms with Gasteiger partial charge >= 0.3 is 16.1 Å². The molecule has 3 rings (SSSR count). The first-order chi connectivity index (χ1) is 15.3. The SMILES string of the molecule is CCCC(O)CNC1=CCC=C(S(=O)(=O)Oc2ccc3nc(NC(=O)NC)[nH]c3c2)C=C1. The molecule has 2 aromatic rings. The second-order valence-electron chi connectivity index (χ2n) is 7.16. The highest BCUT2D eigenvalue weighted by Gasteiger charge is 2.19. The van der Waals surface area contributed by atoms with Crippen LogP contribution in [0.4, 0.5) is 10.7 Å². The number of fused-ring (bicyclic) bond motifs is 1. The van der Waals surface area contributed by atoms with Gasteiger partial charge in [0, 0.05) is 25.4 Å². The number of hydrogen-bond acceptors (Lipinski definition) is 7. The van der Waals surface area contributed by atoms with Crippen LogP contribution in [0.3, 0.4) is 0 Å². The van der Waals surface area contributed by atoms with Gasteiger partial charge in [-0.05, 0) is 37.1 Å².